The zero-order valence-corrected chi connectivity index (χ0v) is 25.5. The summed E-state index contributed by atoms with van der Waals surface area (Å²) in [6.07, 6.45) is 0. The van der Waals surface area contributed by atoms with Gasteiger partial charge in [0.2, 0.25) is 0 Å². The molecule has 0 heterocycles. The number of carbonyl (C=O) groups is 1. The fourth-order valence-electron chi connectivity index (χ4n) is 3.03. The first-order chi connectivity index (χ1) is 16.4. The first-order valence-electron chi connectivity index (χ1n) is 12.0. The Hall–Kier alpha value is -0.321. The minimum atomic E-state index is -0.280. The van der Waals surface area contributed by atoms with Crippen LogP contribution < -0.4 is 5.32 Å². The standard InChI is InChI=1S/C25H44N4O2S2.O.Tc/c1-7-29(8-2)14-13-27-23(30)21-11-9-20(10-12-21)16-31-17-22(28-19-25(5,6)33)15-26-18-24(3,4)32;;/h9-12,22,32-33H,7-8,13-19H2,1-6H3,(H,27,30);;/q-2;;+4/p-2/i;;1+1. The Bertz CT molecular complexity index is 693. The van der Waals surface area contributed by atoms with Gasteiger partial charge in [-0.2, -0.15) is 29.1 Å². The van der Waals surface area contributed by atoms with E-state index in [4.69, 9.17) is 38.8 Å². The zero-order valence-electron chi connectivity index (χ0n) is 22.0. The van der Waals surface area contributed by atoms with Gasteiger partial charge in [-0.1, -0.05) is 53.7 Å². The third-order valence-electron chi connectivity index (χ3n) is 4.97. The number of nitrogens with one attached hydrogen (secondary N) is 1. The molecule has 0 spiro atoms. The molecule has 35 heavy (non-hydrogen) atoms. The first kappa shape index (κ1) is 34.7. The molecule has 0 radical (unpaired) electrons. The molecular formula is C25H42N4O3S2Tc. The molecule has 10 heteroatoms. The fourth-order valence-corrected chi connectivity index (χ4v) is 3.20. The fraction of sp³-hybridized carbons (Fsp3) is 0.720. The number of carbonyl (C=O) groups excluding carboxylic acids is 1. The molecule has 7 nitrogen and oxygen atoms in total. The van der Waals surface area contributed by atoms with Crippen LogP contribution in [-0.4, -0.2) is 78.8 Å². The molecule has 1 rings (SSSR count). The third-order valence-corrected chi connectivity index (χ3v) is 5.22. The van der Waals surface area contributed by atoms with Crippen LogP contribution in [0.1, 0.15) is 57.5 Å². The molecule has 0 aromatic heterocycles. The minimum absolute atomic E-state index is 0.0413. The molecule has 1 amide bonds. The molecule has 0 fully saturated rings. The second-order valence-corrected chi connectivity index (χ2v) is 11.8. The van der Waals surface area contributed by atoms with E-state index in [-0.39, 0.29) is 21.4 Å². The van der Waals surface area contributed by atoms with E-state index in [1.807, 2.05) is 52.0 Å². The molecule has 0 aliphatic rings. The number of likely N-dealkylation sites (N-methyl/N-ethyl adjacent to an activating group) is 1. The number of hydrogen-bond donors (Lipinski definition) is 1. The molecule has 1 aromatic rings. The van der Waals surface area contributed by atoms with Crippen molar-refractivity contribution >= 4 is 31.2 Å². The molecule has 0 saturated carbocycles. The van der Waals surface area contributed by atoms with Crippen LogP contribution in [0.2, 0.25) is 0 Å². The first-order valence-corrected chi connectivity index (χ1v) is 13.5. The van der Waals surface area contributed by atoms with Gasteiger partial charge in [0.25, 0.3) is 5.91 Å². The van der Waals surface area contributed by atoms with E-state index in [0.29, 0.717) is 45.0 Å². The Labute approximate surface area is 234 Å². The average molecular weight is 610 g/mol. The number of ether oxygens (including phenoxy) is 1. The maximum absolute atomic E-state index is 12.3. The SMILES string of the molecule is CCN(CC)CCNC(=O)c1ccc(COCC(C[N-]CC(C)(C)[S-])[N-]CC(C)(C)[S-])cc1.[O]=[99Tc+4]. The Kier molecular flexibility index (Phi) is 18.7. The van der Waals surface area contributed by atoms with Gasteiger partial charge in [-0.15, -0.1) is 6.04 Å². The van der Waals surface area contributed by atoms with E-state index in [0.717, 1.165) is 44.1 Å². The van der Waals surface area contributed by atoms with Crippen LogP contribution in [0.25, 0.3) is 10.6 Å². The normalized spacial score (nSPS) is 12.8. The van der Waals surface area contributed by atoms with Crippen LogP contribution in [0.15, 0.2) is 24.3 Å². The number of benzene rings is 1. The van der Waals surface area contributed by atoms with E-state index in [2.05, 4.69) is 29.4 Å². The van der Waals surface area contributed by atoms with Gasteiger partial charge in [0, 0.05) is 25.3 Å². The summed E-state index contributed by atoms with van der Waals surface area (Å²) in [7, 11) is 0. The summed E-state index contributed by atoms with van der Waals surface area (Å²) in [5, 5.41) is 12.3. The Morgan fingerprint density at radius 1 is 1.06 bits per heavy atom. The van der Waals surface area contributed by atoms with Crippen LogP contribution in [0, 0.1) is 0 Å². The van der Waals surface area contributed by atoms with Crippen LogP contribution in [0.4, 0.5) is 0 Å². The Morgan fingerprint density at radius 2 is 1.63 bits per heavy atom. The number of amides is 1. The van der Waals surface area contributed by atoms with Crippen molar-refractivity contribution in [3.05, 3.63) is 46.0 Å². The molecule has 0 aliphatic heterocycles. The van der Waals surface area contributed by atoms with Crippen molar-refractivity contribution in [1.29, 1.82) is 0 Å². The second-order valence-electron chi connectivity index (χ2n) is 9.57. The van der Waals surface area contributed by atoms with Crippen molar-refractivity contribution < 1.29 is 31.9 Å². The van der Waals surface area contributed by atoms with E-state index in [9.17, 15) is 4.79 Å². The topological polar surface area (TPSA) is 86.8 Å². The predicted octanol–water partition coefficient (Wildman–Crippen LogP) is 3.92. The van der Waals surface area contributed by atoms with Crippen LogP contribution in [-0.2, 0) is 59.0 Å². The molecular weight excluding hydrogens is 567 g/mol. The molecule has 1 unspecified atom stereocenters. The van der Waals surface area contributed by atoms with Crippen molar-refractivity contribution in [3.63, 3.8) is 0 Å². The van der Waals surface area contributed by atoms with Crippen molar-refractivity contribution in [3.8, 4) is 0 Å². The molecule has 0 aliphatic carbocycles. The molecule has 199 valence electrons. The zero-order chi connectivity index (χ0) is 26.9. The predicted molar refractivity (Wildman–Crippen MR) is 145 cm³/mol. The van der Waals surface area contributed by atoms with E-state index in [1.54, 1.807) is 0 Å². The summed E-state index contributed by atoms with van der Waals surface area (Å²) in [6.45, 7) is 18.4. The summed E-state index contributed by atoms with van der Waals surface area (Å²) in [5.41, 5.74) is 1.67. The molecule has 0 bridgehead atoms. The van der Waals surface area contributed by atoms with Gasteiger partial charge in [0.1, 0.15) is 0 Å². The summed E-state index contributed by atoms with van der Waals surface area (Å²) in [4.78, 5) is 14.6. The molecule has 0 saturated heterocycles. The molecule has 1 aromatic carbocycles. The van der Waals surface area contributed by atoms with Crippen molar-refractivity contribution in [2.45, 2.75) is 63.7 Å². The van der Waals surface area contributed by atoms with Crippen molar-refractivity contribution in [2.24, 2.45) is 0 Å². The van der Waals surface area contributed by atoms with Gasteiger partial charge in [-0.05, 0) is 30.8 Å². The summed E-state index contributed by atoms with van der Waals surface area (Å²) < 4.78 is 13.6. The maximum atomic E-state index is 12.3. The average Bonchev–Trinajstić information content (AvgIpc) is 2.80. The molecule has 1 N–H and O–H groups in total. The van der Waals surface area contributed by atoms with Crippen LogP contribution in [0.3, 0.4) is 0 Å². The monoisotopic (exact) mass is 609 g/mol. The van der Waals surface area contributed by atoms with E-state index < -0.39 is 0 Å². The van der Waals surface area contributed by atoms with Gasteiger partial charge in [-0.3, -0.25) is 4.79 Å². The Morgan fingerprint density at radius 3 is 2.14 bits per heavy atom. The Balaban J connectivity index is 0.00000562. The van der Waals surface area contributed by atoms with Crippen LogP contribution in [0.5, 0.6) is 0 Å². The van der Waals surface area contributed by atoms with Gasteiger partial charge in [0.05, 0.1) is 6.61 Å². The van der Waals surface area contributed by atoms with E-state index >= 15 is 0 Å². The van der Waals surface area contributed by atoms with Gasteiger partial charge < -0.3 is 50.8 Å². The number of nitrogens with zero attached hydrogens (tertiary/aromatic N) is 3. The number of rotatable bonds is 17. The van der Waals surface area contributed by atoms with E-state index in [1.165, 1.54) is 0 Å². The summed E-state index contributed by atoms with van der Waals surface area (Å²) in [6, 6.07) is 7.51. The quantitative estimate of drug-likeness (QED) is 0.270. The second kappa shape index (κ2) is 18.9. The van der Waals surface area contributed by atoms with Gasteiger partial charge in [0.15, 0.2) is 0 Å². The van der Waals surface area contributed by atoms with Crippen molar-refractivity contribution in [1.82, 2.24) is 10.2 Å². The summed E-state index contributed by atoms with van der Waals surface area (Å²) in [5.74, 6) is -0.0497. The van der Waals surface area contributed by atoms with Gasteiger partial charge >= 0.3 is 22.4 Å². The molecule has 1 atom stereocenters. The summed E-state index contributed by atoms with van der Waals surface area (Å²) >= 11 is 11.7. The van der Waals surface area contributed by atoms with Crippen LogP contribution >= 0.6 is 0 Å². The third kappa shape index (κ3) is 18.6. The van der Waals surface area contributed by atoms with Crippen molar-refractivity contribution in [2.75, 3.05) is 52.4 Å². The number of hydrogen-bond acceptors (Lipinski definition) is 6. The van der Waals surface area contributed by atoms with Gasteiger partial charge in [-0.25, -0.2) is 0 Å².